The van der Waals surface area contributed by atoms with Crippen molar-refractivity contribution in [2.75, 3.05) is 7.11 Å². The molecule has 0 spiro atoms. The van der Waals surface area contributed by atoms with Crippen molar-refractivity contribution in [2.24, 2.45) is 11.8 Å². The van der Waals surface area contributed by atoms with Gasteiger partial charge >= 0.3 is 5.97 Å². The first kappa shape index (κ1) is 22.4. The van der Waals surface area contributed by atoms with Gasteiger partial charge < -0.3 is 4.74 Å². The molecule has 0 aromatic heterocycles. The molecule has 146 valence electrons. The third kappa shape index (κ3) is 9.17. The molecule has 0 aromatic rings. The highest BCUT2D eigenvalue weighted by Crippen LogP contribution is 2.29. The second-order valence-corrected chi connectivity index (χ2v) is 7.71. The van der Waals surface area contributed by atoms with Crippen molar-refractivity contribution in [2.45, 2.75) is 78.6 Å². The molecule has 0 aromatic carbocycles. The molecule has 3 heteroatoms. The Kier molecular flexibility index (Phi) is 10.9. The number of unbranched alkanes of at least 4 members (excludes halogenated alkanes) is 3. The second-order valence-electron chi connectivity index (χ2n) is 7.71. The number of methoxy groups -OCH3 is 1. The number of hydrogen-bond acceptors (Lipinski definition) is 3. The van der Waals surface area contributed by atoms with Crippen LogP contribution >= 0.6 is 0 Å². The van der Waals surface area contributed by atoms with Crippen molar-refractivity contribution in [1.29, 1.82) is 0 Å². The first-order chi connectivity index (χ1) is 12.4. The molecular weight excluding hydrogens is 324 g/mol. The standard InChI is InChI=1S/C23H36O3/c1-18(2)10-9-11-19(3)14-15-20-16-17-22(24)21(20)12-7-5-6-8-13-23(25)26-4/h10,12,16-17,19-20H,5-9,11,13-15H2,1-4H3/b21-12-. The van der Waals surface area contributed by atoms with Gasteiger partial charge in [-0.25, -0.2) is 0 Å². The molecule has 3 nitrogen and oxygen atoms in total. The van der Waals surface area contributed by atoms with Gasteiger partial charge in [0.05, 0.1) is 7.11 Å². The molecular formula is C23H36O3. The monoisotopic (exact) mass is 360 g/mol. The molecule has 2 unspecified atom stereocenters. The Morgan fingerprint density at radius 2 is 1.96 bits per heavy atom. The predicted octanol–water partition coefficient (Wildman–Crippen LogP) is 5.95. The lowest BCUT2D eigenvalue weighted by molar-refractivity contribution is -0.140. The summed E-state index contributed by atoms with van der Waals surface area (Å²) in [6, 6.07) is 0. The van der Waals surface area contributed by atoms with Gasteiger partial charge in [-0.2, -0.15) is 0 Å². The van der Waals surface area contributed by atoms with Crippen LogP contribution in [0.3, 0.4) is 0 Å². The van der Waals surface area contributed by atoms with E-state index in [0.29, 0.717) is 18.3 Å². The Hall–Kier alpha value is -1.64. The van der Waals surface area contributed by atoms with Crippen LogP contribution in [0.4, 0.5) is 0 Å². The smallest absolute Gasteiger partial charge is 0.305 e. The average Bonchev–Trinajstić information content (AvgIpc) is 2.95. The van der Waals surface area contributed by atoms with Crippen molar-refractivity contribution in [3.63, 3.8) is 0 Å². The Labute approximate surface area is 159 Å². The summed E-state index contributed by atoms with van der Waals surface area (Å²) in [4.78, 5) is 23.2. The molecule has 0 aliphatic heterocycles. The normalized spacial score (nSPS) is 19.0. The second kappa shape index (κ2) is 12.7. The zero-order valence-corrected chi connectivity index (χ0v) is 17.1. The summed E-state index contributed by atoms with van der Waals surface area (Å²) in [5.41, 5.74) is 2.37. The first-order valence-electron chi connectivity index (χ1n) is 10.1. The Balaban J connectivity index is 2.32. The van der Waals surface area contributed by atoms with Crippen LogP contribution in [0.25, 0.3) is 0 Å². The minimum Gasteiger partial charge on any atom is -0.469 e. The van der Waals surface area contributed by atoms with Crippen LogP contribution in [0.5, 0.6) is 0 Å². The maximum Gasteiger partial charge on any atom is 0.305 e. The Morgan fingerprint density at radius 1 is 1.19 bits per heavy atom. The van der Waals surface area contributed by atoms with Gasteiger partial charge in [0.25, 0.3) is 0 Å². The van der Waals surface area contributed by atoms with Gasteiger partial charge in [0.1, 0.15) is 0 Å². The number of rotatable bonds is 12. The molecule has 0 saturated carbocycles. The summed E-state index contributed by atoms with van der Waals surface area (Å²) in [5, 5.41) is 0. The number of carbonyl (C=O) groups excluding carboxylic acids is 2. The van der Waals surface area contributed by atoms with Gasteiger partial charge in [0, 0.05) is 17.9 Å². The number of esters is 1. The van der Waals surface area contributed by atoms with Crippen molar-refractivity contribution in [3.8, 4) is 0 Å². The Bertz CT molecular complexity index is 536. The lowest BCUT2D eigenvalue weighted by atomic mass is 9.90. The third-order valence-corrected chi connectivity index (χ3v) is 5.02. The third-order valence-electron chi connectivity index (χ3n) is 5.02. The van der Waals surface area contributed by atoms with E-state index in [1.807, 2.05) is 0 Å². The van der Waals surface area contributed by atoms with E-state index in [9.17, 15) is 9.59 Å². The average molecular weight is 361 g/mol. The molecule has 26 heavy (non-hydrogen) atoms. The van der Waals surface area contributed by atoms with Crippen LogP contribution in [-0.4, -0.2) is 18.9 Å². The molecule has 1 aliphatic rings. The molecule has 0 heterocycles. The van der Waals surface area contributed by atoms with Crippen LogP contribution in [-0.2, 0) is 14.3 Å². The van der Waals surface area contributed by atoms with Gasteiger partial charge in [-0.1, -0.05) is 37.1 Å². The molecule has 0 radical (unpaired) electrons. The fraction of sp³-hybridized carbons (Fsp3) is 0.652. The number of hydrogen-bond donors (Lipinski definition) is 0. The van der Waals surface area contributed by atoms with Crippen molar-refractivity contribution in [3.05, 3.63) is 35.5 Å². The van der Waals surface area contributed by atoms with Crippen LogP contribution in [0.2, 0.25) is 0 Å². The zero-order chi connectivity index (χ0) is 19.4. The van der Waals surface area contributed by atoms with E-state index >= 15 is 0 Å². The maximum absolute atomic E-state index is 12.1. The highest BCUT2D eigenvalue weighted by molar-refractivity contribution is 6.07. The lowest BCUT2D eigenvalue weighted by Gasteiger charge is -2.15. The van der Waals surface area contributed by atoms with Crippen molar-refractivity contribution < 1.29 is 14.3 Å². The number of allylic oxidation sites excluding steroid dienone is 6. The molecule has 0 fully saturated rings. The molecule has 1 rings (SSSR count). The lowest BCUT2D eigenvalue weighted by Crippen LogP contribution is -2.05. The van der Waals surface area contributed by atoms with Crippen LogP contribution in [0, 0.1) is 11.8 Å². The Morgan fingerprint density at radius 3 is 2.65 bits per heavy atom. The van der Waals surface area contributed by atoms with Crippen molar-refractivity contribution in [1.82, 2.24) is 0 Å². The molecule has 0 amide bonds. The summed E-state index contributed by atoms with van der Waals surface area (Å²) in [6.45, 7) is 6.60. The molecule has 2 atom stereocenters. The van der Waals surface area contributed by atoms with E-state index < -0.39 is 0 Å². The van der Waals surface area contributed by atoms with E-state index in [1.165, 1.54) is 19.1 Å². The van der Waals surface area contributed by atoms with Gasteiger partial charge in [-0.05, 0) is 70.8 Å². The SMILES string of the molecule is COC(=O)CCCCC/C=C1\C(=O)C=CC1CCC(C)CCC=C(C)C. The van der Waals surface area contributed by atoms with E-state index in [1.54, 1.807) is 6.08 Å². The fourth-order valence-electron chi connectivity index (χ4n) is 3.30. The summed E-state index contributed by atoms with van der Waals surface area (Å²) in [7, 11) is 1.42. The van der Waals surface area contributed by atoms with Crippen molar-refractivity contribution >= 4 is 11.8 Å². The summed E-state index contributed by atoms with van der Waals surface area (Å²) in [6.07, 6.45) is 17.1. The van der Waals surface area contributed by atoms with Gasteiger partial charge in [0.2, 0.25) is 0 Å². The van der Waals surface area contributed by atoms with Gasteiger partial charge in [-0.3, -0.25) is 9.59 Å². The predicted molar refractivity (Wildman–Crippen MR) is 108 cm³/mol. The summed E-state index contributed by atoms with van der Waals surface area (Å²) < 4.78 is 4.64. The van der Waals surface area contributed by atoms with Gasteiger partial charge in [-0.15, -0.1) is 0 Å². The largest absolute Gasteiger partial charge is 0.469 e. The number of carbonyl (C=O) groups is 2. The molecule has 0 bridgehead atoms. The first-order valence-corrected chi connectivity index (χ1v) is 10.1. The fourth-order valence-corrected chi connectivity index (χ4v) is 3.30. The zero-order valence-electron chi connectivity index (χ0n) is 17.1. The van der Waals surface area contributed by atoms with E-state index in [-0.39, 0.29) is 11.8 Å². The minimum absolute atomic E-state index is 0.141. The molecule has 0 N–H and O–H groups in total. The molecule has 1 aliphatic carbocycles. The maximum atomic E-state index is 12.1. The quantitative estimate of drug-likeness (QED) is 0.187. The summed E-state index contributed by atoms with van der Waals surface area (Å²) >= 11 is 0. The van der Waals surface area contributed by atoms with E-state index in [4.69, 9.17) is 0 Å². The minimum atomic E-state index is -0.141. The van der Waals surface area contributed by atoms with Crippen LogP contribution in [0.15, 0.2) is 35.5 Å². The highest BCUT2D eigenvalue weighted by atomic mass is 16.5. The number of ketones is 1. The van der Waals surface area contributed by atoms with E-state index in [0.717, 1.165) is 50.5 Å². The molecule has 0 saturated heterocycles. The highest BCUT2D eigenvalue weighted by Gasteiger charge is 2.22. The van der Waals surface area contributed by atoms with Crippen LogP contribution in [0.1, 0.15) is 78.6 Å². The number of ether oxygens (including phenoxy) is 1. The topological polar surface area (TPSA) is 43.4 Å². The van der Waals surface area contributed by atoms with Gasteiger partial charge in [0.15, 0.2) is 5.78 Å². The van der Waals surface area contributed by atoms with Crippen LogP contribution < -0.4 is 0 Å². The van der Waals surface area contributed by atoms with E-state index in [2.05, 4.69) is 43.7 Å². The summed E-state index contributed by atoms with van der Waals surface area (Å²) in [5.74, 6) is 1.02.